The molecule has 0 unspecified atom stereocenters. The van der Waals surface area contributed by atoms with Crippen molar-refractivity contribution < 1.29 is 14.1 Å². The van der Waals surface area contributed by atoms with Crippen molar-refractivity contribution in [1.82, 2.24) is 0 Å². The van der Waals surface area contributed by atoms with Crippen LogP contribution in [0, 0.1) is 0 Å². The van der Waals surface area contributed by atoms with Crippen LogP contribution in [0.4, 0.5) is 0 Å². The lowest BCUT2D eigenvalue weighted by atomic mass is 10.2. The van der Waals surface area contributed by atoms with Crippen LogP contribution in [0.2, 0.25) is 19.6 Å². The Morgan fingerprint density at radius 2 is 1.93 bits per heavy atom. The summed E-state index contributed by atoms with van der Waals surface area (Å²) < 4.78 is 5.29. The SMILES string of the molecule is CCC/C(=N\OC)C(=O)O[Si](C)(C)C. The van der Waals surface area contributed by atoms with Crippen LogP contribution in [0.1, 0.15) is 19.8 Å². The van der Waals surface area contributed by atoms with Gasteiger partial charge in [-0.15, -0.1) is 0 Å². The fourth-order valence-corrected chi connectivity index (χ4v) is 1.54. The highest BCUT2D eigenvalue weighted by atomic mass is 28.4. The molecule has 0 aliphatic rings. The van der Waals surface area contributed by atoms with E-state index in [1.165, 1.54) is 7.11 Å². The second-order valence-corrected chi connectivity index (χ2v) is 8.40. The van der Waals surface area contributed by atoms with Crippen LogP contribution < -0.4 is 0 Å². The Bertz CT molecular complexity index is 221. The van der Waals surface area contributed by atoms with Crippen molar-refractivity contribution >= 4 is 20.0 Å². The van der Waals surface area contributed by atoms with Crippen LogP contribution in [0.3, 0.4) is 0 Å². The monoisotopic (exact) mass is 217 g/mol. The van der Waals surface area contributed by atoms with E-state index in [0.717, 1.165) is 6.42 Å². The van der Waals surface area contributed by atoms with Crippen molar-refractivity contribution in [2.75, 3.05) is 7.11 Å². The normalized spacial score (nSPS) is 12.5. The number of rotatable bonds is 5. The van der Waals surface area contributed by atoms with E-state index in [9.17, 15) is 4.79 Å². The number of hydrogen-bond acceptors (Lipinski definition) is 4. The van der Waals surface area contributed by atoms with Crippen molar-refractivity contribution in [3.8, 4) is 0 Å². The fraction of sp³-hybridized carbons (Fsp3) is 0.778. The van der Waals surface area contributed by atoms with E-state index in [-0.39, 0.29) is 5.97 Å². The predicted molar refractivity (Wildman–Crippen MR) is 58.8 cm³/mol. The second-order valence-electron chi connectivity index (χ2n) is 3.97. The molecule has 0 heterocycles. The summed E-state index contributed by atoms with van der Waals surface area (Å²) in [5, 5.41) is 3.66. The maximum Gasteiger partial charge on any atom is 0.342 e. The average molecular weight is 217 g/mol. The molecule has 14 heavy (non-hydrogen) atoms. The van der Waals surface area contributed by atoms with Gasteiger partial charge in [0, 0.05) is 6.42 Å². The van der Waals surface area contributed by atoms with Gasteiger partial charge in [0.2, 0.25) is 8.32 Å². The standard InChI is InChI=1S/C9H19NO3Si/c1-6-7-8(10-12-2)9(11)13-14(3,4)5/h6-7H2,1-5H3/b10-8+. The van der Waals surface area contributed by atoms with E-state index in [2.05, 4.69) is 9.99 Å². The Morgan fingerprint density at radius 3 is 2.29 bits per heavy atom. The summed E-state index contributed by atoms with van der Waals surface area (Å²) in [6.07, 6.45) is 1.44. The molecule has 0 atom stereocenters. The maximum absolute atomic E-state index is 11.5. The van der Waals surface area contributed by atoms with Crippen molar-refractivity contribution in [3.05, 3.63) is 0 Å². The van der Waals surface area contributed by atoms with E-state index >= 15 is 0 Å². The van der Waals surface area contributed by atoms with Crippen LogP contribution in [0.5, 0.6) is 0 Å². The first kappa shape index (κ1) is 13.2. The molecular weight excluding hydrogens is 198 g/mol. The van der Waals surface area contributed by atoms with Gasteiger partial charge < -0.3 is 9.26 Å². The van der Waals surface area contributed by atoms with E-state index in [1.54, 1.807) is 0 Å². The molecule has 0 aliphatic carbocycles. The Balaban J connectivity index is 4.38. The molecule has 0 amide bonds. The van der Waals surface area contributed by atoms with Gasteiger partial charge in [0.15, 0.2) is 5.71 Å². The molecule has 5 heteroatoms. The van der Waals surface area contributed by atoms with Gasteiger partial charge in [-0.3, -0.25) is 0 Å². The topological polar surface area (TPSA) is 47.9 Å². The minimum absolute atomic E-state index is 0.340. The van der Waals surface area contributed by atoms with Gasteiger partial charge in [-0.2, -0.15) is 0 Å². The van der Waals surface area contributed by atoms with Crippen molar-refractivity contribution in [2.24, 2.45) is 5.16 Å². The third-order valence-corrected chi connectivity index (χ3v) is 2.12. The number of hydrogen-bond donors (Lipinski definition) is 0. The lowest BCUT2D eigenvalue weighted by Crippen LogP contribution is -2.33. The molecule has 0 N–H and O–H groups in total. The quantitative estimate of drug-likeness (QED) is 0.403. The first-order valence-electron chi connectivity index (χ1n) is 4.74. The van der Waals surface area contributed by atoms with Crippen LogP contribution in [0.25, 0.3) is 0 Å². The van der Waals surface area contributed by atoms with E-state index in [4.69, 9.17) is 4.43 Å². The molecule has 0 rings (SSSR count). The molecule has 0 saturated carbocycles. The summed E-state index contributed by atoms with van der Waals surface area (Å²) in [5.41, 5.74) is 0.373. The molecule has 0 aromatic heterocycles. The highest BCUT2D eigenvalue weighted by molar-refractivity contribution is 6.72. The number of nitrogens with zero attached hydrogens (tertiary/aromatic N) is 1. The molecule has 0 aromatic carbocycles. The lowest BCUT2D eigenvalue weighted by molar-refractivity contribution is -0.128. The summed E-state index contributed by atoms with van der Waals surface area (Å²) in [6, 6.07) is 0. The molecule has 0 aliphatic heterocycles. The Morgan fingerprint density at radius 1 is 1.36 bits per heavy atom. The minimum Gasteiger partial charge on any atom is -0.515 e. The highest BCUT2D eigenvalue weighted by Gasteiger charge is 2.23. The van der Waals surface area contributed by atoms with Crippen LogP contribution in [-0.4, -0.2) is 27.1 Å². The molecule has 0 radical (unpaired) electrons. The smallest absolute Gasteiger partial charge is 0.342 e. The van der Waals surface area contributed by atoms with Gasteiger partial charge >= 0.3 is 5.97 Å². The first-order valence-corrected chi connectivity index (χ1v) is 8.15. The van der Waals surface area contributed by atoms with Gasteiger partial charge in [-0.1, -0.05) is 18.5 Å². The summed E-state index contributed by atoms with van der Waals surface area (Å²) in [6.45, 7) is 7.86. The minimum atomic E-state index is -1.83. The molecule has 4 nitrogen and oxygen atoms in total. The maximum atomic E-state index is 11.5. The Labute approximate surface area is 86.4 Å². The summed E-state index contributed by atoms with van der Waals surface area (Å²) in [7, 11) is -0.399. The van der Waals surface area contributed by atoms with Gasteiger partial charge in [-0.25, -0.2) is 4.79 Å². The van der Waals surface area contributed by atoms with E-state index < -0.39 is 8.32 Å². The van der Waals surface area contributed by atoms with Gasteiger partial charge in [0.05, 0.1) is 0 Å². The zero-order chi connectivity index (χ0) is 11.2. The Hall–Kier alpha value is -0.843. The zero-order valence-corrected chi connectivity index (χ0v) is 10.6. The largest absolute Gasteiger partial charge is 0.515 e. The van der Waals surface area contributed by atoms with Crippen LogP contribution in [0.15, 0.2) is 5.16 Å². The van der Waals surface area contributed by atoms with Crippen molar-refractivity contribution in [3.63, 3.8) is 0 Å². The summed E-state index contributed by atoms with van der Waals surface area (Å²) in [5.74, 6) is -0.340. The third kappa shape index (κ3) is 5.74. The zero-order valence-electron chi connectivity index (χ0n) is 9.59. The van der Waals surface area contributed by atoms with Crippen LogP contribution >= 0.6 is 0 Å². The number of carbonyl (C=O) groups excluding carboxylic acids is 1. The Kier molecular flexibility index (Phi) is 5.45. The second kappa shape index (κ2) is 5.80. The molecule has 0 spiro atoms. The number of oxime groups is 1. The van der Waals surface area contributed by atoms with E-state index in [1.807, 2.05) is 26.6 Å². The third-order valence-electron chi connectivity index (χ3n) is 1.32. The highest BCUT2D eigenvalue weighted by Crippen LogP contribution is 2.06. The predicted octanol–water partition coefficient (Wildman–Crippen LogP) is 2.17. The van der Waals surface area contributed by atoms with Crippen molar-refractivity contribution in [2.45, 2.75) is 39.4 Å². The van der Waals surface area contributed by atoms with Gasteiger partial charge in [-0.05, 0) is 19.6 Å². The number of carbonyl (C=O) groups is 1. The molecule has 0 bridgehead atoms. The van der Waals surface area contributed by atoms with Gasteiger partial charge in [0.1, 0.15) is 7.11 Å². The van der Waals surface area contributed by atoms with Gasteiger partial charge in [0.25, 0.3) is 0 Å². The summed E-state index contributed by atoms with van der Waals surface area (Å²) in [4.78, 5) is 16.1. The lowest BCUT2D eigenvalue weighted by Gasteiger charge is -2.17. The van der Waals surface area contributed by atoms with Crippen molar-refractivity contribution in [1.29, 1.82) is 0 Å². The molecule has 0 fully saturated rings. The van der Waals surface area contributed by atoms with E-state index in [0.29, 0.717) is 12.1 Å². The molecule has 0 saturated heterocycles. The molecular formula is C9H19NO3Si. The molecule has 0 aromatic rings. The molecule has 82 valence electrons. The van der Waals surface area contributed by atoms with Crippen LogP contribution in [-0.2, 0) is 14.1 Å². The average Bonchev–Trinajstić information content (AvgIpc) is 2.01. The fourth-order valence-electron chi connectivity index (χ4n) is 0.869. The first-order chi connectivity index (χ1) is 6.40. The summed E-state index contributed by atoms with van der Waals surface area (Å²) >= 11 is 0.